The number of thiazole rings is 1. The number of carbonyl (C=O) groups is 1. The van der Waals surface area contributed by atoms with Crippen LogP contribution in [-0.2, 0) is 4.74 Å². The minimum atomic E-state index is -4.75. The minimum Gasteiger partial charge on any atom is -0.448 e. The fraction of sp³-hybridized carbons (Fsp3) is 0.385. The molecule has 0 fully saturated rings. The molecule has 23 heavy (non-hydrogen) atoms. The summed E-state index contributed by atoms with van der Waals surface area (Å²) in [4.78, 5) is 15.6. The number of aromatic nitrogens is 1. The van der Waals surface area contributed by atoms with E-state index in [1.807, 2.05) is 6.92 Å². The molecule has 10 heteroatoms. The zero-order valence-corrected chi connectivity index (χ0v) is 12.9. The standard InChI is InChI=1S/C13H14F3N3O3S/c1-2-17-5-6-21-12(20)19-11-18-9-4-3-8(7-10(9)23-11)22-13(14,15)16/h3-4,7,17H,2,5-6H2,1H3,(H,18,19,20). The van der Waals surface area contributed by atoms with E-state index >= 15 is 0 Å². The van der Waals surface area contributed by atoms with Gasteiger partial charge in [-0.05, 0) is 18.7 Å². The van der Waals surface area contributed by atoms with E-state index in [2.05, 4.69) is 20.4 Å². The lowest BCUT2D eigenvalue weighted by Gasteiger charge is -2.07. The summed E-state index contributed by atoms with van der Waals surface area (Å²) in [6.45, 7) is 3.43. The predicted octanol–water partition coefficient (Wildman–Crippen LogP) is 3.35. The number of ether oxygens (including phenoxy) is 2. The van der Waals surface area contributed by atoms with E-state index in [0.29, 0.717) is 16.8 Å². The SMILES string of the molecule is CCNCCOC(=O)Nc1nc2ccc(OC(F)(F)F)cc2s1. The highest BCUT2D eigenvalue weighted by Gasteiger charge is 2.31. The van der Waals surface area contributed by atoms with Gasteiger partial charge in [0.2, 0.25) is 0 Å². The quantitative estimate of drug-likeness (QED) is 0.783. The number of benzene rings is 1. The van der Waals surface area contributed by atoms with Crippen LogP contribution in [0.25, 0.3) is 10.2 Å². The third kappa shape index (κ3) is 5.57. The molecule has 0 saturated heterocycles. The summed E-state index contributed by atoms with van der Waals surface area (Å²) in [7, 11) is 0. The van der Waals surface area contributed by atoms with E-state index in [0.717, 1.165) is 23.9 Å². The van der Waals surface area contributed by atoms with Crippen LogP contribution in [0, 0.1) is 0 Å². The van der Waals surface area contributed by atoms with Gasteiger partial charge in [-0.1, -0.05) is 18.3 Å². The van der Waals surface area contributed by atoms with E-state index in [-0.39, 0.29) is 17.5 Å². The number of alkyl halides is 3. The molecule has 0 spiro atoms. The topological polar surface area (TPSA) is 72.5 Å². The Kier molecular flexibility index (Phi) is 5.61. The summed E-state index contributed by atoms with van der Waals surface area (Å²) in [6, 6.07) is 3.75. The Labute approximate surface area is 133 Å². The van der Waals surface area contributed by atoms with Crippen LogP contribution in [0.15, 0.2) is 18.2 Å². The van der Waals surface area contributed by atoms with E-state index in [4.69, 9.17) is 4.74 Å². The van der Waals surface area contributed by atoms with Crippen LogP contribution in [0.3, 0.4) is 0 Å². The van der Waals surface area contributed by atoms with Crippen molar-refractivity contribution >= 4 is 32.8 Å². The Morgan fingerprint density at radius 2 is 2.17 bits per heavy atom. The van der Waals surface area contributed by atoms with E-state index in [1.54, 1.807) is 0 Å². The molecule has 0 aliphatic rings. The highest BCUT2D eigenvalue weighted by atomic mass is 32.1. The number of hydrogen-bond acceptors (Lipinski definition) is 6. The molecule has 0 saturated carbocycles. The summed E-state index contributed by atoms with van der Waals surface area (Å²) >= 11 is 1.02. The molecule has 0 aliphatic heterocycles. The van der Waals surface area contributed by atoms with Crippen LogP contribution in [0.1, 0.15) is 6.92 Å². The van der Waals surface area contributed by atoms with Gasteiger partial charge in [-0.25, -0.2) is 9.78 Å². The normalized spacial score (nSPS) is 11.5. The molecule has 0 bridgehead atoms. The van der Waals surface area contributed by atoms with Crippen LogP contribution in [-0.4, -0.2) is 37.1 Å². The Hall–Kier alpha value is -2.07. The first-order valence-electron chi connectivity index (χ1n) is 6.68. The summed E-state index contributed by atoms with van der Waals surface area (Å²) in [5, 5.41) is 5.66. The van der Waals surface area contributed by atoms with Crippen molar-refractivity contribution in [1.82, 2.24) is 10.3 Å². The summed E-state index contributed by atoms with van der Waals surface area (Å²) in [6.07, 6.45) is -5.43. The van der Waals surface area contributed by atoms with Crippen LogP contribution in [0.4, 0.5) is 23.1 Å². The highest BCUT2D eigenvalue weighted by Crippen LogP contribution is 2.31. The number of fused-ring (bicyclic) bond motifs is 1. The lowest BCUT2D eigenvalue weighted by Crippen LogP contribution is -2.23. The fourth-order valence-corrected chi connectivity index (χ4v) is 2.55. The van der Waals surface area contributed by atoms with Gasteiger partial charge < -0.3 is 14.8 Å². The second-order valence-corrected chi connectivity index (χ2v) is 5.34. The Morgan fingerprint density at radius 1 is 1.39 bits per heavy atom. The van der Waals surface area contributed by atoms with Gasteiger partial charge in [-0.3, -0.25) is 5.32 Å². The molecule has 1 aromatic carbocycles. The molecule has 1 amide bonds. The Morgan fingerprint density at radius 3 is 2.87 bits per heavy atom. The number of hydrogen-bond donors (Lipinski definition) is 2. The minimum absolute atomic E-state index is 0.203. The number of amides is 1. The van der Waals surface area contributed by atoms with Crippen molar-refractivity contribution in [1.29, 1.82) is 0 Å². The number of nitrogens with zero attached hydrogens (tertiary/aromatic N) is 1. The molecule has 0 aliphatic carbocycles. The number of nitrogens with one attached hydrogen (secondary N) is 2. The maximum atomic E-state index is 12.2. The number of halogens is 3. The van der Waals surface area contributed by atoms with Crippen molar-refractivity contribution in [3.63, 3.8) is 0 Å². The van der Waals surface area contributed by atoms with Gasteiger partial charge in [0.1, 0.15) is 12.4 Å². The smallest absolute Gasteiger partial charge is 0.448 e. The highest BCUT2D eigenvalue weighted by molar-refractivity contribution is 7.22. The first-order valence-corrected chi connectivity index (χ1v) is 7.50. The molecule has 2 N–H and O–H groups in total. The van der Waals surface area contributed by atoms with Crippen molar-refractivity contribution in [2.24, 2.45) is 0 Å². The van der Waals surface area contributed by atoms with Crippen LogP contribution < -0.4 is 15.4 Å². The van der Waals surface area contributed by atoms with Gasteiger partial charge in [-0.2, -0.15) is 0 Å². The van der Waals surface area contributed by atoms with Gasteiger partial charge in [0.05, 0.1) is 10.2 Å². The van der Waals surface area contributed by atoms with E-state index in [1.165, 1.54) is 12.1 Å². The maximum Gasteiger partial charge on any atom is 0.573 e. The molecule has 2 aromatic rings. The zero-order valence-electron chi connectivity index (χ0n) is 12.1. The summed E-state index contributed by atoms with van der Waals surface area (Å²) in [5.41, 5.74) is 0.451. The second-order valence-electron chi connectivity index (χ2n) is 4.31. The van der Waals surface area contributed by atoms with Crippen LogP contribution in [0.5, 0.6) is 5.75 Å². The predicted molar refractivity (Wildman–Crippen MR) is 79.8 cm³/mol. The van der Waals surface area contributed by atoms with Gasteiger partial charge in [-0.15, -0.1) is 13.2 Å². The summed E-state index contributed by atoms with van der Waals surface area (Å²) < 4.78 is 45.7. The van der Waals surface area contributed by atoms with Gasteiger partial charge in [0, 0.05) is 12.6 Å². The Bertz CT molecular complexity index is 675. The molecule has 0 unspecified atom stereocenters. The van der Waals surface area contributed by atoms with E-state index in [9.17, 15) is 18.0 Å². The lowest BCUT2D eigenvalue weighted by molar-refractivity contribution is -0.274. The lowest BCUT2D eigenvalue weighted by atomic mass is 10.3. The molecule has 2 rings (SSSR count). The van der Waals surface area contributed by atoms with Crippen molar-refractivity contribution in [2.75, 3.05) is 25.0 Å². The number of rotatable bonds is 6. The molecular weight excluding hydrogens is 335 g/mol. The molecule has 1 aromatic heterocycles. The third-order valence-corrected chi connectivity index (χ3v) is 3.50. The Balaban J connectivity index is 1.98. The zero-order chi connectivity index (χ0) is 16.9. The second kappa shape index (κ2) is 7.47. The average molecular weight is 349 g/mol. The van der Waals surface area contributed by atoms with Gasteiger partial charge in [0.15, 0.2) is 5.13 Å². The van der Waals surface area contributed by atoms with Crippen molar-refractivity contribution < 1.29 is 27.4 Å². The first kappa shape index (κ1) is 17.3. The largest absolute Gasteiger partial charge is 0.573 e. The molecule has 1 heterocycles. The molecule has 6 nitrogen and oxygen atoms in total. The van der Waals surface area contributed by atoms with Crippen LogP contribution >= 0.6 is 11.3 Å². The van der Waals surface area contributed by atoms with Gasteiger partial charge >= 0.3 is 12.5 Å². The van der Waals surface area contributed by atoms with Crippen molar-refractivity contribution in [3.05, 3.63) is 18.2 Å². The maximum absolute atomic E-state index is 12.2. The molecule has 0 atom stereocenters. The van der Waals surface area contributed by atoms with Crippen LogP contribution in [0.2, 0.25) is 0 Å². The van der Waals surface area contributed by atoms with Crippen molar-refractivity contribution in [3.8, 4) is 5.75 Å². The number of likely N-dealkylation sites (N-methyl/N-ethyl adjacent to an activating group) is 1. The van der Waals surface area contributed by atoms with Gasteiger partial charge in [0.25, 0.3) is 0 Å². The fourth-order valence-electron chi connectivity index (χ4n) is 1.67. The monoisotopic (exact) mass is 349 g/mol. The summed E-state index contributed by atoms with van der Waals surface area (Å²) in [5.74, 6) is -0.339. The van der Waals surface area contributed by atoms with E-state index < -0.39 is 12.5 Å². The number of carbonyl (C=O) groups excluding carboxylic acids is 1. The van der Waals surface area contributed by atoms with Crippen molar-refractivity contribution in [2.45, 2.75) is 13.3 Å². The average Bonchev–Trinajstić information content (AvgIpc) is 2.83. The molecule has 0 radical (unpaired) electrons. The number of anilines is 1. The third-order valence-electron chi connectivity index (χ3n) is 2.56. The molecular formula is C13H14F3N3O3S. The molecule has 126 valence electrons. The first-order chi connectivity index (χ1) is 10.9.